The zero-order valence-electron chi connectivity index (χ0n) is 12.6. The number of benzene rings is 1. The highest BCUT2D eigenvalue weighted by Gasteiger charge is 2.25. The SMILES string of the molecule is CCCNc1c(F)cccc1C(=O)NC(C)C1CCOC1. The van der Waals surface area contributed by atoms with Crippen molar-refractivity contribution in [3.05, 3.63) is 29.6 Å². The molecule has 4 nitrogen and oxygen atoms in total. The molecule has 0 bridgehead atoms. The second kappa shape index (κ2) is 7.41. The van der Waals surface area contributed by atoms with Crippen LogP contribution in [0, 0.1) is 11.7 Å². The fourth-order valence-corrected chi connectivity index (χ4v) is 2.49. The number of amides is 1. The van der Waals surface area contributed by atoms with E-state index in [1.54, 1.807) is 12.1 Å². The molecule has 0 aliphatic carbocycles. The number of hydrogen-bond donors (Lipinski definition) is 2. The number of hydrogen-bond acceptors (Lipinski definition) is 3. The van der Waals surface area contributed by atoms with E-state index in [1.165, 1.54) is 6.07 Å². The summed E-state index contributed by atoms with van der Waals surface area (Å²) < 4.78 is 19.2. The summed E-state index contributed by atoms with van der Waals surface area (Å²) in [6.45, 7) is 6.01. The second-order valence-electron chi connectivity index (χ2n) is 5.47. The summed E-state index contributed by atoms with van der Waals surface area (Å²) in [7, 11) is 0. The first-order chi connectivity index (χ1) is 10.1. The third-order valence-electron chi connectivity index (χ3n) is 3.84. The zero-order chi connectivity index (χ0) is 15.2. The third kappa shape index (κ3) is 3.94. The Morgan fingerprint density at radius 1 is 1.52 bits per heavy atom. The first kappa shape index (κ1) is 15.8. The first-order valence-electron chi connectivity index (χ1n) is 7.54. The van der Waals surface area contributed by atoms with Crippen LogP contribution < -0.4 is 10.6 Å². The van der Waals surface area contributed by atoms with Gasteiger partial charge in [0, 0.05) is 25.1 Å². The first-order valence-corrected chi connectivity index (χ1v) is 7.54. The summed E-state index contributed by atoms with van der Waals surface area (Å²) in [4.78, 5) is 12.4. The number of ether oxygens (including phenoxy) is 1. The van der Waals surface area contributed by atoms with Gasteiger partial charge < -0.3 is 15.4 Å². The van der Waals surface area contributed by atoms with E-state index in [0.29, 0.717) is 24.6 Å². The van der Waals surface area contributed by atoms with Crippen LogP contribution in [0.1, 0.15) is 37.0 Å². The molecule has 0 aromatic heterocycles. The summed E-state index contributed by atoms with van der Waals surface area (Å²) in [6, 6.07) is 4.59. The van der Waals surface area contributed by atoms with Crippen molar-refractivity contribution in [2.75, 3.05) is 25.1 Å². The minimum absolute atomic E-state index is 0.0160. The minimum Gasteiger partial charge on any atom is -0.382 e. The number of nitrogens with one attached hydrogen (secondary N) is 2. The predicted octanol–water partition coefficient (Wildman–Crippen LogP) is 2.80. The highest BCUT2D eigenvalue weighted by Crippen LogP contribution is 2.21. The quantitative estimate of drug-likeness (QED) is 0.848. The molecule has 0 spiro atoms. The van der Waals surface area contributed by atoms with E-state index in [-0.39, 0.29) is 17.6 Å². The van der Waals surface area contributed by atoms with Gasteiger partial charge >= 0.3 is 0 Å². The van der Waals surface area contributed by atoms with Gasteiger partial charge in [-0.1, -0.05) is 13.0 Å². The smallest absolute Gasteiger partial charge is 0.253 e. The minimum atomic E-state index is -0.395. The van der Waals surface area contributed by atoms with Crippen LogP contribution in [0.5, 0.6) is 0 Å². The van der Waals surface area contributed by atoms with Crippen LogP contribution in [-0.4, -0.2) is 31.7 Å². The second-order valence-corrected chi connectivity index (χ2v) is 5.47. The molecule has 1 amide bonds. The average Bonchev–Trinajstić information content (AvgIpc) is 3.00. The number of rotatable bonds is 6. The molecule has 2 unspecified atom stereocenters. The van der Waals surface area contributed by atoms with Gasteiger partial charge in [0.15, 0.2) is 0 Å². The molecule has 1 aromatic carbocycles. The average molecular weight is 294 g/mol. The van der Waals surface area contributed by atoms with E-state index >= 15 is 0 Å². The van der Waals surface area contributed by atoms with Gasteiger partial charge in [0.2, 0.25) is 0 Å². The number of para-hydroxylation sites is 1. The van der Waals surface area contributed by atoms with Crippen LogP contribution in [0.15, 0.2) is 18.2 Å². The van der Waals surface area contributed by atoms with E-state index in [0.717, 1.165) is 19.4 Å². The summed E-state index contributed by atoms with van der Waals surface area (Å²) in [5.41, 5.74) is 0.640. The lowest BCUT2D eigenvalue weighted by Crippen LogP contribution is -2.38. The van der Waals surface area contributed by atoms with Gasteiger partial charge in [-0.15, -0.1) is 0 Å². The molecular formula is C16H23FN2O2. The van der Waals surface area contributed by atoms with Crippen LogP contribution in [-0.2, 0) is 4.74 Å². The fourth-order valence-electron chi connectivity index (χ4n) is 2.49. The van der Waals surface area contributed by atoms with Crippen molar-refractivity contribution >= 4 is 11.6 Å². The lowest BCUT2D eigenvalue weighted by atomic mass is 10.00. The molecule has 1 aliphatic heterocycles. The van der Waals surface area contributed by atoms with Crippen molar-refractivity contribution < 1.29 is 13.9 Å². The highest BCUT2D eigenvalue weighted by molar-refractivity contribution is 5.99. The molecule has 1 aromatic rings. The van der Waals surface area contributed by atoms with Crippen molar-refractivity contribution in [3.8, 4) is 0 Å². The Hall–Kier alpha value is -1.62. The van der Waals surface area contributed by atoms with Gasteiger partial charge in [0.1, 0.15) is 5.82 Å². The largest absolute Gasteiger partial charge is 0.382 e. The number of carbonyl (C=O) groups excluding carboxylic acids is 1. The van der Waals surface area contributed by atoms with Crippen molar-refractivity contribution in [2.45, 2.75) is 32.7 Å². The number of carbonyl (C=O) groups is 1. The van der Waals surface area contributed by atoms with E-state index in [9.17, 15) is 9.18 Å². The van der Waals surface area contributed by atoms with Gasteiger partial charge in [-0.3, -0.25) is 4.79 Å². The Labute approximate surface area is 125 Å². The van der Waals surface area contributed by atoms with Crippen molar-refractivity contribution in [3.63, 3.8) is 0 Å². The molecule has 1 heterocycles. The molecule has 1 saturated heterocycles. The topological polar surface area (TPSA) is 50.4 Å². The van der Waals surface area contributed by atoms with Crippen molar-refractivity contribution in [1.29, 1.82) is 0 Å². The zero-order valence-corrected chi connectivity index (χ0v) is 12.6. The molecule has 116 valence electrons. The molecule has 1 aliphatic rings. The van der Waals surface area contributed by atoms with Gasteiger partial charge in [-0.25, -0.2) is 4.39 Å². The van der Waals surface area contributed by atoms with Crippen LogP contribution >= 0.6 is 0 Å². The number of anilines is 1. The summed E-state index contributed by atoms with van der Waals surface area (Å²) in [5, 5.41) is 5.95. The van der Waals surface area contributed by atoms with Crippen molar-refractivity contribution in [2.24, 2.45) is 5.92 Å². The highest BCUT2D eigenvalue weighted by atomic mass is 19.1. The molecule has 0 saturated carbocycles. The molecular weight excluding hydrogens is 271 g/mol. The maximum Gasteiger partial charge on any atom is 0.253 e. The van der Waals surface area contributed by atoms with Gasteiger partial charge in [0.05, 0.1) is 17.9 Å². The Bertz CT molecular complexity index is 487. The predicted molar refractivity (Wildman–Crippen MR) is 81.0 cm³/mol. The van der Waals surface area contributed by atoms with E-state index in [2.05, 4.69) is 10.6 Å². The van der Waals surface area contributed by atoms with Gasteiger partial charge in [-0.05, 0) is 31.9 Å². The van der Waals surface area contributed by atoms with Crippen LogP contribution in [0.3, 0.4) is 0 Å². The molecule has 2 rings (SSSR count). The Balaban J connectivity index is 2.08. The van der Waals surface area contributed by atoms with Crippen molar-refractivity contribution in [1.82, 2.24) is 5.32 Å². The van der Waals surface area contributed by atoms with Crippen LogP contribution in [0.25, 0.3) is 0 Å². The Morgan fingerprint density at radius 2 is 2.33 bits per heavy atom. The van der Waals surface area contributed by atoms with Crippen LogP contribution in [0.4, 0.5) is 10.1 Å². The maximum atomic E-state index is 13.9. The summed E-state index contributed by atoms with van der Waals surface area (Å²) in [6.07, 6.45) is 1.82. The molecule has 5 heteroatoms. The Kier molecular flexibility index (Phi) is 5.56. The molecule has 1 fully saturated rings. The van der Waals surface area contributed by atoms with E-state index in [4.69, 9.17) is 4.74 Å². The third-order valence-corrected chi connectivity index (χ3v) is 3.84. The lowest BCUT2D eigenvalue weighted by Gasteiger charge is -2.20. The standard InChI is InChI=1S/C16H23FN2O2/c1-3-8-18-15-13(5-4-6-14(15)17)16(20)19-11(2)12-7-9-21-10-12/h4-6,11-12,18H,3,7-10H2,1-2H3,(H,19,20). The monoisotopic (exact) mass is 294 g/mol. The normalized spacial score (nSPS) is 19.3. The summed E-state index contributed by atoms with van der Waals surface area (Å²) in [5.74, 6) is -0.310. The molecule has 0 radical (unpaired) electrons. The maximum absolute atomic E-state index is 13.9. The molecule has 2 N–H and O–H groups in total. The fraction of sp³-hybridized carbons (Fsp3) is 0.562. The summed E-state index contributed by atoms with van der Waals surface area (Å²) >= 11 is 0. The Morgan fingerprint density at radius 3 is 3.00 bits per heavy atom. The van der Waals surface area contributed by atoms with E-state index < -0.39 is 5.82 Å². The van der Waals surface area contributed by atoms with Crippen LogP contribution in [0.2, 0.25) is 0 Å². The van der Waals surface area contributed by atoms with E-state index in [1.807, 2.05) is 13.8 Å². The molecule has 21 heavy (non-hydrogen) atoms. The van der Waals surface area contributed by atoms with Gasteiger partial charge in [-0.2, -0.15) is 0 Å². The number of halogens is 1. The molecule has 2 atom stereocenters. The lowest BCUT2D eigenvalue weighted by molar-refractivity contribution is 0.0922. The van der Waals surface area contributed by atoms with Gasteiger partial charge in [0.25, 0.3) is 5.91 Å².